The first-order valence-electron chi connectivity index (χ1n) is 6.19. The lowest BCUT2D eigenvalue weighted by molar-refractivity contribution is -0.139. The Kier molecular flexibility index (Phi) is 8.11. The molecule has 0 aromatic carbocycles. The van der Waals surface area contributed by atoms with Crippen LogP contribution in [0, 0.1) is 5.92 Å². The van der Waals surface area contributed by atoms with Crippen LogP contribution in [0.1, 0.15) is 27.2 Å². The summed E-state index contributed by atoms with van der Waals surface area (Å²) in [6.45, 7) is 7.19. The Hall–Kier alpha value is -1.30. The molecule has 0 fully saturated rings. The number of aliphatic carboxylic acids is 1. The second-order valence-corrected chi connectivity index (χ2v) is 4.58. The number of carbonyl (C=O) groups excluding carboxylic acids is 1. The number of rotatable bonds is 8. The van der Waals surface area contributed by atoms with E-state index in [0.717, 1.165) is 0 Å². The van der Waals surface area contributed by atoms with Gasteiger partial charge < -0.3 is 20.1 Å². The summed E-state index contributed by atoms with van der Waals surface area (Å²) < 4.78 is 4.94. The van der Waals surface area contributed by atoms with Gasteiger partial charge in [-0.25, -0.2) is 9.59 Å². The van der Waals surface area contributed by atoms with Gasteiger partial charge in [-0.15, -0.1) is 0 Å². The van der Waals surface area contributed by atoms with Crippen LogP contribution in [0.15, 0.2) is 0 Å². The van der Waals surface area contributed by atoms with E-state index >= 15 is 0 Å². The SMILES string of the molecule is CC[C@@H](NC(=O)N(CCOC)CC(C)C)C(=O)O. The number of urea groups is 1. The molecule has 0 aliphatic carbocycles. The van der Waals surface area contributed by atoms with Crippen molar-refractivity contribution in [3.05, 3.63) is 0 Å². The number of hydrogen-bond donors (Lipinski definition) is 2. The molecule has 0 aliphatic rings. The van der Waals surface area contributed by atoms with Gasteiger partial charge in [0.1, 0.15) is 6.04 Å². The molecule has 0 bridgehead atoms. The lowest BCUT2D eigenvalue weighted by Crippen LogP contribution is -2.49. The zero-order chi connectivity index (χ0) is 14.1. The Morgan fingerprint density at radius 2 is 2.00 bits per heavy atom. The van der Waals surface area contributed by atoms with Gasteiger partial charge in [-0.1, -0.05) is 20.8 Å². The van der Waals surface area contributed by atoms with Crippen molar-refractivity contribution in [3.8, 4) is 0 Å². The van der Waals surface area contributed by atoms with E-state index in [2.05, 4.69) is 5.32 Å². The summed E-state index contributed by atoms with van der Waals surface area (Å²) in [5.74, 6) is -0.695. The Bertz CT molecular complexity index is 269. The van der Waals surface area contributed by atoms with Crippen molar-refractivity contribution in [3.63, 3.8) is 0 Å². The maximum atomic E-state index is 12.0. The van der Waals surface area contributed by atoms with E-state index in [1.54, 1.807) is 18.9 Å². The fourth-order valence-electron chi connectivity index (χ4n) is 1.50. The monoisotopic (exact) mass is 260 g/mol. The van der Waals surface area contributed by atoms with Crippen LogP contribution in [0.25, 0.3) is 0 Å². The molecular formula is C12H24N2O4. The van der Waals surface area contributed by atoms with Crippen LogP contribution in [0.4, 0.5) is 4.79 Å². The molecule has 0 radical (unpaired) electrons. The van der Waals surface area contributed by atoms with Gasteiger partial charge >= 0.3 is 12.0 Å². The maximum Gasteiger partial charge on any atom is 0.326 e. The zero-order valence-corrected chi connectivity index (χ0v) is 11.6. The van der Waals surface area contributed by atoms with Gasteiger partial charge in [0.15, 0.2) is 0 Å². The van der Waals surface area contributed by atoms with Crippen LogP contribution in [0.2, 0.25) is 0 Å². The van der Waals surface area contributed by atoms with Crippen LogP contribution in [0.3, 0.4) is 0 Å². The van der Waals surface area contributed by atoms with Crippen molar-refractivity contribution in [1.29, 1.82) is 0 Å². The topological polar surface area (TPSA) is 78.9 Å². The number of methoxy groups -OCH3 is 1. The third-order valence-corrected chi connectivity index (χ3v) is 2.44. The number of ether oxygens (including phenoxy) is 1. The summed E-state index contributed by atoms with van der Waals surface area (Å²) in [6, 6.07) is -1.19. The molecule has 18 heavy (non-hydrogen) atoms. The quantitative estimate of drug-likeness (QED) is 0.686. The molecule has 2 amide bonds. The lowest BCUT2D eigenvalue weighted by atomic mass is 10.2. The molecule has 0 spiro atoms. The Balaban J connectivity index is 4.47. The minimum absolute atomic E-state index is 0.317. The molecule has 0 unspecified atom stereocenters. The van der Waals surface area contributed by atoms with Crippen LogP contribution in [-0.2, 0) is 9.53 Å². The van der Waals surface area contributed by atoms with Gasteiger partial charge in [0.2, 0.25) is 0 Å². The normalized spacial score (nSPS) is 12.3. The van der Waals surface area contributed by atoms with Crippen molar-refractivity contribution in [1.82, 2.24) is 10.2 Å². The molecule has 106 valence electrons. The molecular weight excluding hydrogens is 236 g/mol. The van der Waals surface area contributed by atoms with Gasteiger partial charge in [-0.3, -0.25) is 0 Å². The second-order valence-electron chi connectivity index (χ2n) is 4.58. The van der Waals surface area contributed by atoms with E-state index in [0.29, 0.717) is 32.0 Å². The summed E-state index contributed by atoms with van der Waals surface area (Å²) in [4.78, 5) is 24.4. The second kappa shape index (κ2) is 8.74. The number of amides is 2. The van der Waals surface area contributed by atoms with Crippen LogP contribution < -0.4 is 5.32 Å². The fraction of sp³-hybridized carbons (Fsp3) is 0.833. The standard InChI is InChI=1S/C12H24N2O4/c1-5-10(11(15)16)13-12(17)14(6-7-18-4)8-9(2)3/h9-10H,5-8H2,1-4H3,(H,13,17)(H,15,16)/t10-/m1/s1. The molecule has 0 saturated carbocycles. The number of nitrogens with one attached hydrogen (secondary N) is 1. The predicted molar refractivity (Wildman–Crippen MR) is 68.5 cm³/mol. The molecule has 0 heterocycles. The van der Waals surface area contributed by atoms with Crippen LogP contribution in [0.5, 0.6) is 0 Å². The summed E-state index contributed by atoms with van der Waals surface area (Å²) in [5, 5.41) is 11.4. The first kappa shape index (κ1) is 16.7. The van der Waals surface area contributed by atoms with Gasteiger partial charge in [0, 0.05) is 20.2 Å². The van der Waals surface area contributed by atoms with Crippen molar-refractivity contribution >= 4 is 12.0 Å². The molecule has 1 atom stereocenters. The molecule has 6 nitrogen and oxygen atoms in total. The smallest absolute Gasteiger partial charge is 0.326 e. The van der Waals surface area contributed by atoms with E-state index in [9.17, 15) is 9.59 Å². The maximum absolute atomic E-state index is 12.0. The average molecular weight is 260 g/mol. The highest BCUT2D eigenvalue weighted by Crippen LogP contribution is 2.01. The zero-order valence-electron chi connectivity index (χ0n) is 11.6. The molecule has 2 N–H and O–H groups in total. The number of hydrogen-bond acceptors (Lipinski definition) is 3. The minimum atomic E-state index is -1.01. The first-order chi connectivity index (χ1) is 8.42. The van der Waals surface area contributed by atoms with E-state index in [-0.39, 0.29) is 6.03 Å². The molecule has 0 rings (SSSR count). The lowest BCUT2D eigenvalue weighted by Gasteiger charge is -2.26. The van der Waals surface area contributed by atoms with E-state index in [1.807, 2.05) is 13.8 Å². The van der Waals surface area contributed by atoms with Crippen molar-refractivity contribution in [2.24, 2.45) is 5.92 Å². The number of carbonyl (C=O) groups is 2. The summed E-state index contributed by atoms with van der Waals surface area (Å²) in [6.07, 6.45) is 0.362. The summed E-state index contributed by atoms with van der Waals surface area (Å²) in [5.41, 5.74) is 0. The first-order valence-corrected chi connectivity index (χ1v) is 6.19. The van der Waals surface area contributed by atoms with Gasteiger partial charge in [-0.2, -0.15) is 0 Å². The van der Waals surface area contributed by atoms with Crippen molar-refractivity contribution in [2.75, 3.05) is 26.8 Å². The highest BCUT2D eigenvalue weighted by atomic mass is 16.5. The highest BCUT2D eigenvalue weighted by molar-refractivity contribution is 5.82. The van der Waals surface area contributed by atoms with Gasteiger partial charge in [0.25, 0.3) is 0 Å². The molecule has 0 aliphatic heterocycles. The summed E-state index contributed by atoms with van der Waals surface area (Å²) >= 11 is 0. The largest absolute Gasteiger partial charge is 0.480 e. The molecule has 0 aromatic heterocycles. The van der Waals surface area contributed by atoms with Gasteiger partial charge in [0.05, 0.1) is 6.61 Å². The number of carboxylic acid groups (broad SMARTS) is 1. The van der Waals surface area contributed by atoms with E-state index < -0.39 is 12.0 Å². The molecule has 0 saturated heterocycles. The Morgan fingerprint density at radius 3 is 2.39 bits per heavy atom. The van der Waals surface area contributed by atoms with Gasteiger partial charge in [-0.05, 0) is 12.3 Å². The highest BCUT2D eigenvalue weighted by Gasteiger charge is 2.21. The van der Waals surface area contributed by atoms with Crippen molar-refractivity contribution < 1.29 is 19.4 Å². The average Bonchev–Trinajstić information content (AvgIpc) is 2.30. The number of nitrogens with zero attached hydrogens (tertiary/aromatic N) is 1. The number of carboxylic acids is 1. The van der Waals surface area contributed by atoms with E-state index in [4.69, 9.17) is 9.84 Å². The Labute approximate surface area is 108 Å². The van der Waals surface area contributed by atoms with Crippen LogP contribution in [-0.4, -0.2) is 54.9 Å². The minimum Gasteiger partial charge on any atom is -0.480 e. The molecule has 6 heteroatoms. The predicted octanol–water partition coefficient (Wildman–Crippen LogP) is 1.16. The molecule has 0 aromatic rings. The third-order valence-electron chi connectivity index (χ3n) is 2.44. The van der Waals surface area contributed by atoms with Crippen molar-refractivity contribution in [2.45, 2.75) is 33.2 Å². The van der Waals surface area contributed by atoms with E-state index in [1.165, 1.54) is 0 Å². The fourth-order valence-corrected chi connectivity index (χ4v) is 1.50. The van der Waals surface area contributed by atoms with Crippen LogP contribution >= 0.6 is 0 Å². The third kappa shape index (κ3) is 6.44. The summed E-state index contributed by atoms with van der Waals surface area (Å²) in [7, 11) is 1.57. The Morgan fingerprint density at radius 1 is 1.39 bits per heavy atom.